The highest BCUT2D eigenvalue weighted by Crippen LogP contribution is 2.35. The quantitative estimate of drug-likeness (QED) is 0.322. The summed E-state index contributed by atoms with van der Waals surface area (Å²) in [4.78, 5) is 38.8. The zero-order valence-corrected chi connectivity index (χ0v) is 24.2. The standard InChI is InChI=1S/C29H31N5O4S2/c1-19-5-3-11-33-25(19)30-26(32-14-12-31(13-15-32)20-7-9-21(37-2)10-8-20)23(27(33)35)17-24-28(36)34(29(39)40-24)18-22-6-4-16-38-22/h3,5,7-11,17,22H,4,6,12-16,18H2,1-2H3. The minimum absolute atomic E-state index is 0.00431. The van der Waals surface area contributed by atoms with E-state index in [0.29, 0.717) is 52.5 Å². The Balaban J connectivity index is 1.32. The molecule has 9 nitrogen and oxygen atoms in total. The lowest BCUT2D eigenvalue weighted by atomic mass is 10.2. The van der Waals surface area contributed by atoms with Crippen molar-refractivity contribution in [1.29, 1.82) is 0 Å². The van der Waals surface area contributed by atoms with Crippen molar-refractivity contribution in [2.45, 2.75) is 25.9 Å². The molecule has 0 spiro atoms. The molecule has 3 aliphatic heterocycles. The Bertz CT molecular complexity index is 1540. The zero-order valence-electron chi connectivity index (χ0n) is 22.5. The van der Waals surface area contributed by atoms with E-state index in [9.17, 15) is 9.59 Å². The van der Waals surface area contributed by atoms with E-state index in [4.69, 9.17) is 26.7 Å². The van der Waals surface area contributed by atoms with Gasteiger partial charge in [0.05, 0.1) is 30.2 Å². The van der Waals surface area contributed by atoms with E-state index in [1.165, 1.54) is 11.8 Å². The minimum atomic E-state index is -0.203. The summed E-state index contributed by atoms with van der Waals surface area (Å²) in [5, 5.41) is 0. The lowest BCUT2D eigenvalue weighted by Gasteiger charge is -2.37. The van der Waals surface area contributed by atoms with Crippen molar-refractivity contribution in [3.63, 3.8) is 0 Å². The van der Waals surface area contributed by atoms with Crippen molar-refractivity contribution in [2.24, 2.45) is 0 Å². The number of aromatic nitrogens is 2. The van der Waals surface area contributed by atoms with Crippen LogP contribution in [0, 0.1) is 6.92 Å². The number of amides is 1. The molecule has 1 atom stereocenters. The van der Waals surface area contributed by atoms with Gasteiger partial charge in [-0.3, -0.25) is 18.9 Å². The molecular formula is C29H31N5O4S2. The van der Waals surface area contributed by atoms with Crippen molar-refractivity contribution in [1.82, 2.24) is 14.3 Å². The van der Waals surface area contributed by atoms with Gasteiger partial charge in [-0.15, -0.1) is 0 Å². The molecule has 1 aromatic carbocycles. The van der Waals surface area contributed by atoms with Crippen LogP contribution in [0.3, 0.4) is 0 Å². The number of nitrogens with zero attached hydrogens (tertiary/aromatic N) is 5. The SMILES string of the molecule is COc1ccc(N2CCN(c3nc4c(C)cccn4c(=O)c3C=C3SC(=S)N(CC4CCCO4)C3=O)CC2)cc1. The molecule has 11 heteroatoms. The molecule has 40 heavy (non-hydrogen) atoms. The third-order valence-electron chi connectivity index (χ3n) is 7.64. The fourth-order valence-electron chi connectivity index (χ4n) is 5.42. The molecule has 0 aliphatic carbocycles. The van der Waals surface area contributed by atoms with Crippen LogP contribution < -0.4 is 20.1 Å². The Morgan fingerprint density at radius 1 is 1.12 bits per heavy atom. The van der Waals surface area contributed by atoms with Crippen LogP contribution in [-0.4, -0.2) is 77.1 Å². The number of carbonyl (C=O) groups excluding carboxylic acids is 1. The number of fused-ring (bicyclic) bond motifs is 1. The molecule has 3 saturated heterocycles. The first-order valence-electron chi connectivity index (χ1n) is 13.5. The molecule has 0 N–H and O–H groups in total. The van der Waals surface area contributed by atoms with E-state index < -0.39 is 0 Å². The summed E-state index contributed by atoms with van der Waals surface area (Å²) in [5.74, 6) is 1.23. The Morgan fingerprint density at radius 3 is 2.58 bits per heavy atom. The lowest BCUT2D eigenvalue weighted by molar-refractivity contribution is -0.123. The first-order valence-corrected chi connectivity index (χ1v) is 14.7. The highest BCUT2D eigenvalue weighted by molar-refractivity contribution is 8.26. The van der Waals surface area contributed by atoms with Gasteiger partial charge in [-0.25, -0.2) is 4.98 Å². The van der Waals surface area contributed by atoms with Crippen LogP contribution in [0.25, 0.3) is 11.7 Å². The maximum Gasteiger partial charge on any atom is 0.267 e. The number of hydrogen-bond acceptors (Lipinski definition) is 9. The van der Waals surface area contributed by atoms with Gasteiger partial charge < -0.3 is 19.3 Å². The van der Waals surface area contributed by atoms with E-state index in [-0.39, 0.29) is 17.6 Å². The zero-order chi connectivity index (χ0) is 27.8. The second kappa shape index (κ2) is 11.2. The van der Waals surface area contributed by atoms with Gasteiger partial charge in [0.2, 0.25) is 0 Å². The topological polar surface area (TPSA) is 79.6 Å². The number of thiocarbonyl (C=S) groups is 1. The molecule has 3 aliphatic rings. The van der Waals surface area contributed by atoms with Crippen LogP contribution >= 0.6 is 24.0 Å². The van der Waals surface area contributed by atoms with Crippen LogP contribution in [0.2, 0.25) is 0 Å². The van der Waals surface area contributed by atoms with Crippen molar-refractivity contribution in [3.8, 4) is 5.75 Å². The Labute approximate surface area is 242 Å². The van der Waals surface area contributed by atoms with Crippen molar-refractivity contribution >= 4 is 57.4 Å². The number of piperazine rings is 1. The number of thioether (sulfide) groups is 1. The minimum Gasteiger partial charge on any atom is -0.497 e. The van der Waals surface area contributed by atoms with Crippen LogP contribution in [0.1, 0.15) is 24.0 Å². The summed E-state index contributed by atoms with van der Waals surface area (Å²) in [6, 6.07) is 11.8. The predicted molar refractivity (Wildman–Crippen MR) is 162 cm³/mol. The Kier molecular flexibility index (Phi) is 7.52. The Hall–Kier alpha value is -3.41. The molecule has 0 bridgehead atoms. The molecule has 0 radical (unpaired) electrons. The summed E-state index contributed by atoms with van der Waals surface area (Å²) < 4.78 is 13.1. The van der Waals surface area contributed by atoms with Gasteiger partial charge in [-0.2, -0.15) is 0 Å². The number of aryl methyl sites for hydroxylation is 1. The number of methoxy groups -OCH3 is 1. The van der Waals surface area contributed by atoms with E-state index in [2.05, 4.69) is 21.9 Å². The molecule has 3 aromatic rings. The number of ether oxygens (including phenoxy) is 2. The lowest BCUT2D eigenvalue weighted by Crippen LogP contribution is -2.47. The third kappa shape index (κ3) is 5.09. The number of pyridine rings is 1. The molecule has 208 valence electrons. The second-order valence-electron chi connectivity index (χ2n) is 10.1. The first-order chi connectivity index (χ1) is 19.4. The normalized spacial score (nSPS) is 20.8. The summed E-state index contributed by atoms with van der Waals surface area (Å²) in [6.07, 6.45) is 5.31. The maximum absolute atomic E-state index is 13.9. The van der Waals surface area contributed by atoms with Gasteiger partial charge in [0.15, 0.2) is 0 Å². The van der Waals surface area contributed by atoms with Gasteiger partial charge in [0.1, 0.15) is 21.5 Å². The predicted octanol–water partition coefficient (Wildman–Crippen LogP) is 3.72. The third-order valence-corrected chi connectivity index (χ3v) is 9.02. The molecule has 3 fully saturated rings. The average Bonchev–Trinajstić information content (AvgIpc) is 3.59. The van der Waals surface area contributed by atoms with Gasteiger partial charge in [-0.05, 0) is 61.7 Å². The van der Waals surface area contributed by atoms with Crippen molar-refractivity contribution in [2.75, 3.05) is 56.2 Å². The summed E-state index contributed by atoms with van der Waals surface area (Å²) in [5.41, 5.74) is 2.84. The largest absolute Gasteiger partial charge is 0.497 e. The smallest absolute Gasteiger partial charge is 0.267 e. The number of rotatable bonds is 6. The molecule has 1 unspecified atom stereocenters. The molecule has 0 saturated carbocycles. The molecule has 5 heterocycles. The number of carbonyl (C=O) groups is 1. The van der Waals surface area contributed by atoms with Gasteiger partial charge >= 0.3 is 0 Å². The van der Waals surface area contributed by atoms with Crippen molar-refractivity contribution < 1.29 is 14.3 Å². The van der Waals surface area contributed by atoms with Crippen LogP contribution in [0.5, 0.6) is 5.75 Å². The molecule has 2 aromatic heterocycles. The highest BCUT2D eigenvalue weighted by atomic mass is 32.2. The van der Waals surface area contributed by atoms with E-state index in [1.807, 2.05) is 31.2 Å². The first kappa shape index (κ1) is 26.8. The Morgan fingerprint density at radius 2 is 1.88 bits per heavy atom. The average molecular weight is 578 g/mol. The van der Waals surface area contributed by atoms with Crippen LogP contribution in [0.15, 0.2) is 52.3 Å². The number of benzene rings is 1. The number of hydrogen-bond donors (Lipinski definition) is 0. The van der Waals surface area contributed by atoms with Crippen LogP contribution in [-0.2, 0) is 9.53 Å². The van der Waals surface area contributed by atoms with E-state index in [0.717, 1.165) is 42.9 Å². The monoisotopic (exact) mass is 577 g/mol. The van der Waals surface area contributed by atoms with E-state index >= 15 is 0 Å². The fourth-order valence-corrected chi connectivity index (χ4v) is 6.67. The van der Waals surface area contributed by atoms with E-state index in [1.54, 1.807) is 28.7 Å². The fraction of sp³-hybridized carbons (Fsp3) is 0.379. The summed E-state index contributed by atoms with van der Waals surface area (Å²) >= 11 is 6.79. The number of anilines is 2. The van der Waals surface area contributed by atoms with Gasteiger partial charge in [-0.1, -0.05) is 30.0 Å². The second-order valence-corrected chi connectivity index (χ2v) is 11.8. The summed E-state index contributed by atoms with van der Waals surface area (Å²) in [6.45, 7) is 6.00. The van der Waals surface area contributed by atoms with Crippen LogP contribution in [0.4, 0.5) is 11.5 Å². The van der Waals surface area contributed by atoms with Crippen molar-refractivity contribution in [3.05, 3.63) is 69.0 Å². The molecule has 6 rings (SSSR count). The van der Waals surface area contributed by atoms with Gasteiger partial charge in [0.25, 0.3) is 11.5 Å². The molecular weight excluding hydrogens is 546 g/mol. The molecule has 1 amide bonds. The van der Waals surface area contributed by atoms with Gasteiger partial charge in [0, 0.05) is 44.7 Å². The highest BCUT2D eigenvalue weighted by Gasteiger charge is 2.35. The summed E-state index contributed by atoms with van der Waals surface area (Å²) in [7, 11) is 1.66. The maximum atomic E-state index is 13.9.